The van der Waals surface area contributed by atoms with Crippen LogP contribution in [0, 0.1) is 0 Å². The zero-order valence-corrected chi connectivity index (χ0v) is 19.8. The van der Waals surface area contributed by atoms with E-state index >= 15 is 0 Å². The van der Waals surface area contributed by atoms with E-state index in [1.165, 1.54) is 0 Å². The van der Waals surface area contributed by atoms with E-state index in [1.807, 2.05) is 61.8 Å². The minimum Gasteiger partial charge on any atom is -0.444 e. The molecule has 1 amide bonds. The lowest BCUT2D eigenvalue weighted by Gasteiger charge is -2.42. The predicted octanol–water partition coefficient (Wildman–Crippen LogP) is 4.81. The summed E-state index contributed by atoms with van der Waals surface area (Å²) in [7, 11) is 0. The number of benzene rings is 1. The van der Waals surface area contributed by atoms with Crippen molar-refractivity contribution in [3.8, 4) is 0 Å². The first kappa shape index (κ1) is 22.9. The van der Waals surface area contributed by atoms with Crippen LogP contribution < -0.4 is 10.6 Å². The summed E-state index contributed by atoms with van der Waals surface area (Å²) in [4.78, 5) is 19.4. The molecule has 4 rings (SSSR count). The lowest BCUT2D eigenvalue weighted by molar-refractivity contribution is 0.0312. The van der Waals surface area contributed by atoms with Crippen LogP contribution in [0.1, 0.15) is 44.1 Å². The van der Waals surface area contributed by atoms with Gasteiger partial charge in [-0.2, -0.15) is 0 Å². The molecule has 0 bridgehead atoms. The molecule has 1 aromatic carbocycles. The molecule has 2 unspecified atom stereocenters. The average Bonchev–Trinajstić information content (AvgIpc) is 3.19. The van der Waals surface area contributed by atoms with Gasteiger partial charge in [0.05, 0.1) is 6.04 Å². The maximum Gasteiger partial charge on any atom is 0.409 e. The number of nitrogens with one attached hydrogen (secondary N) is 2. The van der Waals surface area contributed by atoms with E-state index in [4.69, 9.17) is 27.9 Å². The van der Waals surface area contributed by atoms with E-state index in [-0.39, 0.29) is 6.04 Å². The number of pyridine rings is 1. The molecular weight excluding hydrogens is 449 g/mol. The third kappa shape index (κ3) is 5.18. The first-order valence-electron chi connectivity index (χ1n) is 10.5. The summed E-state index contributed by atoms with van der Waals surface area (Å²) >= 11 is 12.7. The van der Waals surface area contributed by atoms with Gasteiger partial charge in [0.1, 0.15) is 17.4 Å². The summed E-state index contributed by atoms with van der Waals surface area (Å²) < 4.78 is 7.51. The van der Waals surface area contributed by atoms with Crippen LogP contribution in [-0.2, 0) is 4.74 Å². The molecular formula is C23H27Cl2N5O2. The molecule has 0 saturated carbocycles. The summed E-state index contributed by atoms with van der Waals surface area (Å²) in [5, 5.41) is 7.69. The Morgan fingerprint density at radius 3 is 2.81 bits per heavy atom. The quantitative estimate of drug-likeness (QED) is 0.566. The molecule has 1 aliphatic rings. The molecule has 2 N–H and O–H groups in total. The molecule has 3 heterocycles. The topological polar surface area (TPSA) is 70.9 Å². The largest absolute Gasteiger partial charge is 0.444 e. The first-order valence-corrected chi connectivity index (χ1v) is 11.3. The number of ether oxygens (including phenoxy) is 1. The summed E-state index contributed by atoms with van der Waals surface area (Å²) in [6.45, 7) is 7.70. The van der Waals surface area contributed by atoms with E-state index in [0.717, 1.165) is 23.3 Å². The van der Waals surface area contributed by atoms with Gasteiger partial charge in [0.25, 0.3) is 0 Å². The number of aromatic nitrogens is 2. The standard InChI is InChI=1S/C23H27Cl2N5O2/c1-23(2,3)32-22(31)28-21(15-6-9-29-10-8-27-20(29)12-15)30-11-7-26-14-19(30)17-5-4-16(24)13-18(17)25/h4-6,8-10,12-13,19,21,26H,7,11,14H2,1-3H3,(H,28,31). The van der Waals surface area contributed by atoms with Crippen LogP contribution in [0.15, 0.2) is 48.9 Å². The lowest BCUT2D eigenvalue weighted by Crippen LogP contribution is -2.52. The molecule has 32 heavy (non-hydrogen) atoms. The van der Waals surface area contributed by atoms with Gasteiger partial charge in [-0.3, -0.25) is 4.90 Å². The second-order valence-electron chi connectivity index (χ2n) is 8.83. The highest BCUT2D eigenvalue weighted by atomic mass is 35.5. The van der Waals surface area contributed by atoms with Crippen LogP contribution in [0.25, 0.3) is 5.65 Å². The molecule has 3 aromatic rings. The Kier molecular flexibility index (Phi) is 6.62. The predicted molar refractivity (Wildman–Crippen MR) is 126 cm³/mol. The minimum atomic E-state index is -0.607. The van der Waals surface area contributed by atoms with Crippen molar-refractivity contribution in [2.24, 2.45) is 0 Å². The number of halogens is 2. The fourth-order valence-corrected chi connectivity index (χ4v) is 4.50. The van der Waals surface area contributed by atoms with Crippen molar-refractivity contribution in [1.82, 2.24) is 24.9 Å². The second kappa shape index (κ2) is 9.27. The van der Waals surface area contributed by atoms with Gasteiger partial charge < -0.3 is 19.8 Å². The highest BCUT2D eigenvalue weighted by Gasteiger charge is 2.34. The van der Waals surface area contributed by atoms with Crippen LogP contribution >= 0.6 is 23.2 Å². The highest BCUT2D eigenvalue weighted by Crippen LogP contribution is 2.35. The number of piperazine rings is 1. The molecule has 1 fully saturated rings. The number of fused-ring (bicyclic) bond motifs is 1. The minimum absolute atomic E-state index is 0.0792. The third-order valence-electron chi connectivity index (χ3n) is 5.33. The Hall–Kier alpha value is -2.32. The molecule has 1 saturated heterocycles. The van der Waals surface area contributed by atoms with Gasteiger partial charge in [0, 0.05) is 48.3 Å². The molecule has 2 aromatic heterocycles. The summed E-state index contributed by atoms with van der Waals surface area (Å²) in [5.74, 6) is 0. The van der Waals surface area contributed by atoms with Crippen LogP contribution in [0.2, 0.25) is 10.0 Å². The van der Waals surface area contributed by atoms with Crippen molar-refractivity contribution in [2.75, 3.05) is 19.6 Å². The number of nitrogens with zero attached hydrogens (tertiary/aromatic N) is 3. The highest BCUT2D eigenvalue weighted by molar-refractivity contribution is 6.35. The van der Waals surface area contributed by atoms with Crippen molar-refractivity contribution < 1.29 is 9.53 Å². The zero-order chi connectivity index (χ0) is 22.9. The summed E-state index contributed by atoms with van der Waals surface area (Å²) in [6.07, 6.45) is 4.65. The fourth-order valence-electron chi connectivity index (χ4n) is 3.96. The molecule has 7 nitrogen and oxygen atoms in total. The number of alkyl carbamates (subject to hydrolysis) is 1. The number of carbonyl (C=O) groups is 1. The van der Waals surface area contributed by atoms with Gasteiger partial charge in [-0.1, -0.05) is 29.3 Å². The number of amides is 1. The number of hydrogen-bond acceptors (Lipinski definition) is 5. The van der Waals surface area contributed by atoms with Crippen molar-refractivity contribution >= 4 is 34.9 Å². The maximum absolute atomic E-state index is 12.8. The van der Waals surface area contributed by atoms with Gasteiger partial charge in [-0.25, -0.2) is 9.78 Å². The number of hydrogen-bond donors (Lipinski definition) is 2. The summed E-state index contributed by atoms with van der Waals surface area (Å²) in [6, 6.07) is 9.41. The van der Waals surface area contributed by atoms with Gasteiger partial charge >= 0.3 is 6.09 Å². The Morgan fingerprint density at radius 2 is 2.06 bits per heavy atom. The van der Waals surface area contributed by atoms with Gasteiger partial charge in [-0.05, 0) is 56.2 Å². The molecule has 1 aliphatic heterocycles. The van der Waals surface area contributed by atoms with Crippen molar-refractivity contribution in [2.45, 2.75) is 38.6 Å². The van der Waals surface area contributed by atoms with Crippen LogP contribution in [0.5, 0.6) is 0 Å². The smallest absolute Gasteiger partial charge is 0.409 e. The van der Waals surface area contributed by atoms with E-state index < -0.39 is 17.9 Å². The van der Waals surface area contributed by atoms with Crippen LogP contribution in [0.4, 0.5) is 4.79 Å². The SMILES string of the molecule is CC(C)(C)OC(=O)NC(c1ccn2ccnc2c1)N1CCNCC1c1ccc(Cl)cc1Cl. The monoisotopic (exact) mass is 475 g/mol. The molecule has 2 atom stereocenters. The van der Waals surface area contributed by atoms with Crippen molar-refractivity contribution in [1.29, 1.82) is 0 Å². The Bertz CT molecular complexity index is 1110. The zero-order valence-electron chi connectivity index (χ0n) is 18.3. The summed E-state index contributed by atoms with van der Waals surface area (Å²) in [5.41, 5.74) is 2.05. The van der Waals surface area contributed by atoms with Gasteiger partial charge in [0.15, 0.2) is 0 Å². The van der Waals surface area contributed by atoms with E-state index in [2.05, 4.69) is 20.5 Å². The number of imidazole rings is 1. The van der Waals surface area contributed by atoms with E-state index in [0.29, 0.717) is 23.1 Å². The normalized spacial score (nSPS) is 18.5. The Balaban J connectivity index is 1.73. The molecule has 0 spiro atoms. The second-order valence-corrected chi connectivity index (χ2v) is 9.67. The first-order chi connectivity index (χ1) is 15.2. The fraction of sp³-hybridized carbons (Fsp3) is 0.391. The van der Waals surface area contributed by atoms with Crippen LogP contribution in [0.3, 0.4) is 0 Å². The van der Waals surface area contributed by atoms with E-state index in [9.17, 15) is 4.79 Å². The number of carbonyl (C=O) groups excluding carboxylic acids is 1. The molecule has 170 valence electrons. The van der Waals surface area contributed by atoms with Crippen molar-refractivity contribution in [3.63, 3.8) is 0 Å². The molecule has 9 heteroatoms. The maximum atomic E-state index is 12.8. The van der Waals surface area contributed by atoms with E-state index in [1.54, 1.807) is 12.3 Å². The van der Waals surface area contributed by atoms with Crippen LogP contribution in [-0.4, -0.2) is 45.6 Å². The number of rotatable bonds is 4. The Labute approximate surface area is 197 Å². The van der Waals surface area contributed by atoms with Crippen molar-refractivity contribution in [3.05, 3.63) is 70.1 Å². The third-order valence-corrected chi connectivity index (χ3v) is 5.89. The Morgan fingerprint density at radius 1 is 1.25 bits per heavy atom. The molecule has 0 aliphatic carbocycles. The lowest BCUT2D eigenvalue weighted by atomic mass is 10.0. The van der Waals surface area contributed by atoms with Gasteiger partial charge in [-0.15, -0.1) is 0 Å². The average molecular weight is 476 g/mol. The molecule has 0 radical (unpaired) electrons. The van der Waals surface area contributed by atoms with Gasteiger partial charge in [0.2, 0.25) is 0 Å².